The molecule has 0 unspecified atom stereocenters. The summed E-state index contributed by atoms with van der Waals surface area (Å²) in [6, 6.07) is 1.08. The van der Waals surface area contributed by atoms with Crippen LogP contribution >= 0.6 is 0 Å². The number of aromatic amines is 1. The molecule has 7 nitrogen and oxygen atoms in total. The van der Waals surface area contributed by atoms with Crippen molar-refractivity contribution in [3.63, 3.8) is 0 Å². The third-order valence-corrected chi connectivity index (χ3v) is 3.70. The van der Waals surface area contributed by atoms with Crippen molar-refractivity contribution in [2.75, 3.05) is 13.2 Å². The SMILES string of the molecule is CC(C)OCCCNS(=O)(=O)c1c[nH]c(C(=O)O)c1. The topological polar surface area (TPSA) is 108 Å². The van der Waals surface area contributed by atoms with E-state index in [1.54, 1.807) is 0 Å². The summed E-state index contributed by atoms with van der Waals surface area (Å²) in [7, 11) is -3.67. The van der Waals surface area contributed by atoms with Gasteiger partial charge in [-0.25, -0.2) is 17.9 Å². The molecule has 1 aromatic heterocycles. The van der Waals surface area contributed by atoms with E-state index in [1.807, 2.05) is 13.8 Å². The summed E-state index contributed by atoms with van der Waals surface area (Å²) in [5, 5.41) is 8.70. The van der Waals surface area contributed by atoms with Gasteiger partial charge in [0.15, 0.2) is 0 Å². The Hall–Kier alpha value is -1.38. The molecule has 0 aliphatic heterocycles. The van der Waals surface area contributed by atoms with Gasteiger partial charge >= 0.3 is 5.97 Å². The Bertz CT molecular complexity index is 521. The number of carbonyl (C=O) groups is 1. The molecule has 0 saturated carbocycles. The van der Waals surface area contributed by atoms with Gasteiger partial charge in [0.05, 0.1) is 6.10 Å². The summed E-state index contributed by atoms with van der Waals surface area (Å²) >= 11 is 0. The Labute approximate surface area is 112 Å². The zero-order valence-corrected chi connectivity index (χ0v) is 11.7. The Morgan fingerprint density at radius 1 is 1.53 bits per heavy atom. The fourth-order valence-corrected chi connectivity index (χ4v) is 2.40. The number of rotatable bonds is 8. The number of carboxylic acids is 1. The molecule has 108 valence electrons. The smallest absolute Gasteiger partial charge is 0.352 e. The van der Waals surface area contributed by atoms with Crippen molar-refractivity contribution in [1.29, 1.82) is 0 Å². The summed E-state index contributed by atoms with van der Waals surface area (Å²) in [5.41, 5.74) is -0.163. The number of sulfonamides is 1. The Morgan fingerprint density at radius 2 is 2.21 bits per heavy atom. The quantitative estimate of drug-likeness (QED) is 0.614. The van der Waals surface area contributed by atoms with E-state index in [0.717, 1.165) is 12.3 Å². The highest BCUT2D eigenvalue weighted by molar-refractivity contribution is 7.89. The van der Waals surface area contributed by atoms with E-state index < -0.39 is 16.0 Å². The number of aromatic carboxylic acids is 1. The second kappa shape index (κ2) is 6.69. The van der Waals surface area contributed by atoms with Crippen LogP contribution in [0.1, 0.15) is 30.8 Å². The van der Waals surface area contributed by atoms with Crippen LogP contribution in [-0.4, -0.2) is 43.7 Å². The van der Waals surface area contributed by atoms with Crippen LogP contribution in [-0.2, 0) is 14.8 Å². The first kappa shape index (κ1) is 15.7. The molecule has 0 amide bonds. The molecular formula is C11H18N2O5S. The van der Waals surface area contributed by atoms with Gasteiger partial charge < -0.3 is 14.8 Å². The maximum absolute atomic E-state index is 11.8. The maximum atomic E-state index is 11.8. The number of hydrogen-bond acceptors (Lipinski definition) is 4. The molecule has 0 radical (unpaired) electrons. The van der Waals surface area contributed by atoms with Gasteiger partial charge in [-0.05, 0) is 26.3 Å². The third-order valence-electron chi connectivity index (χ3n) is 2.26. The van der Waals surface area contributed by atoms with Gasteiger partial charge in [0, 0.05) is 19.3 Å². The molecule has 3 N–H and O–H groups in total. The predicted octanol–water partition coefficient (Wildman–Crippen LogP) is 0.806. The highest BCUT2D eigenvalue weighted by Crippen LogP contribution is 2.10. The standard InChI is InChI=1S/C11H18N2O5S/c1-8(2)18-5-3-4-13-19(16,17)9-6-10(11(14)15)12-7-9/h6-8,12-13H,3-5H2,1-2H3,(H,14,15). The summed E-state index contributed by atoms with van der Waals surface area (Å²) in [5.74, 6) is -1.20. The van der Waals surface area contributed by atoms with Crippen LogP contribution in [0.15, 0.2) is 17.2 Å². The lowest BCUT2D eigenvalue weighted by Gasteiger charge is -2.08. The van der Waals surface area contributed by atoms with E-state index >= 15 is 0 Å². The summed E-state index contributed by atoms with van der Waals surface area (Å²) < 4.78 is 31.3. The minimum atomic E-state index is -3.67. The average molecular weight is 290 g/mol. The highest BCUT2D eigenvalue weighted by atomic mass is 32.2. The van der Waals surface area contributed by atoms with E-state index in [2.05, 4.69) is 9.71 Å². The maximum Gasteiger partial charge on any atom is 0.352 e. The van der Waals surface area contributed by atoms with E-state index in [-0.39, 0.29) is 23.2 Å². The van der Waals surface area contributed by atoms with Crippen molar-refractivity contribution in [3.05, 3.63) is 18.0 Å². The second-order valence-electron chi connectivity index (χ2n) is 4.23. The number of carboxylic acid groups (broad SMARTS) is 1. The van der Waals surface area contributed by atoms with Crippen molar-refractivity contribution in [3.8, 4) is 0 Å². The van der Waals surface area contributed by atoms with Crippen LogP contribution in [0.5, 0.6) is 0 Å². The van der Waals surface area contributed by atoms with Crippen molar-refractivity contribution < 1.29 is 23.1 Å². The number of nitrogens with one attached hydrogen (secondary N) is 2. The lowest BCUT2D eigenvalue weighted by atomic mass is 10.4. The van der Waals surface area contributed by atoms with Crippen molar-refractivity contribution >= 4 is 16.0 Å². The summed E-state index contributed by atoms with van der Waals surface area (Å²) in [6.07, 6.45) is 1.81. The van der Waals surface area contributed by atoms with E-state index in [0.29, 0.717) is 13.0 Å². The third kappa shape index (κ3) is 5.01. The Balaban J connectivity index is 2.49. The van der Waals surface area contributed by atoms with Gasteiger partial charge in [0.25, 0.3) is 0 Å². The molecule has 19 heavy (non-hydrogen) atoms. The lowest BCUT2D eigenvalue weighted by Crippen LogP contribution is -2.25. The Morgan fingerprint density at radius 3 is 2.74 bits per heavy atom. The summed E-state index contributed by atoms with van der Waals surface area (Å²) in [6.45, 7) is 4.51. The van der Waals surface area contributed by atoms with Gasteiger partial charge in [-0.1, -0.05) is 0 Å². The minimum absolute atomic E-state index is 0.0883. The highest BCUT2D eigenvalue weighted by Gasteiger charge is 2.17. The van der Waals surface area contributed by atoms with E-state index in [9.17, 15) is 13.2 Å². The van der Waals surface area contributed by atoms with Crippen LogP contribution in [0.4, 0.5) is 0 Å². The minimum Gasteiger partial charge on any atom is -0.477 e. The molecule has 0 spiro atoms. The number of ether oxygens (including phenoxy) is 1. The molecule has 0 aliphatic carbocycles. The molecule has 1 heterocycles. The number of hydrogen-bond donors (Lipinski definition) is 3. The zero-order chi connectivity index (χ0) is 14.5. The molecule has 0 atom stereocenters. The molecule has 0 fully saturated rings. The van der Waals surface area contributed by atoms with Gasteiger partial charge in [0.2, 0.25) is 10.0 Å². The average Bonchev–Trinajstić information content (AvgIpc) is 2.77. The largest absolute Gasteiger partial charge is 0.477 e. The normalized spacial score (nSPS) is 11.9. The predicted molar refractivity (Wildman–Crippen MR) is 68.6 cm³/mol. The first-order chi connectivity index (χ1) is 8.83. The van der Waals surface area contributed by atoms with Gasteiger partial charge in [-0.3, -0.25) is 0 Å². The fraction of sp³-hybridized carbons (Fsp3) is 0.545. The molecule has 8 heteroatoms. The van der Waals surface area contributed by atoms with Crippen molar-refractivity contribution in [2.45, 2.75) is 31.3 Å². The second-order valence-corrected chi connectivity index (χ2v) is 5.99. The van der Waals surface area contributed by atoms with Crippen LogP contribution in [0, 0.1) is 0 Å². The summed E-state index contributed by atoms with van der Waals surface area (Å²) in [4.78, 5) is 12.9. The molecule has 0 bridgehead atoms. The van der Waals surface area contributed by atoms with Crippen LogP contribution in [0.2, 0.25) is 0 Å². The molecule has 0 saturated heterocycles. The van der Waals surface area contributed by atoms with Crippen LogP contribution in [0.3, 0.4) is 0 Å². The van der Waals surface area contributed by atoms with Crippen molar-refractivity contribution in [2.24, 2.45) is 0 Å². The Kier molecular flexibility index (Phi) is 5.52. The molecule has 1 aromatic rings. The first-order valence-electron chi connectivity index (χ1n) is 5.86. The van der Waals surface area contributed by atoms with Crippen molar-refractivity contribution in [1.82, 2.24) is 9.71 Å². The number of aromatic nitrogens is 1. The van der Waals surface area contributed by atoms with Gasteiger partial charge in [-0.2, -0.15) is 0 Å². The van der Waals surface area contributed by atoms with E-state index in [4.69, 9.17) is 9.84 Å². The molecular weight excluding hydrogens is 272 g/mol. The van der Waals surface area contributed by atoms with E-state index in [1.165, 1.54) is 0 Å². The van der Waals surface area contributed by atoms with Crippen LogP contribution < -0.4 is 4.72 Å². The molecule has 0 aliphatic rings. The molecule has 1 rings (SSSR count). The number of H-pyrrole nitrogens is 1. The lowest BCUT2D eigenvalue weighted by molar-refractivity contribution is 0.0691. The monoisotopic (exact) mass is 290 g/mol. The fourth-order valence-electron chi connectivity index (χ4n) is 1.33. The first-order valence-corrected chi connectivity index (χ1v) is 7.34. The zero-order valence-electron chi connectivity index (χ0n) is 10.8. The molecule has 0 aromatic carbocycles. The van der Waals surface area contributed by atoms with Gasteiger partial charge in [-0.15, -0.1) is 0 Å². The van der Waals surface area contributed by atoms with Crippen LogP contribution in [0.25, 0.3) is 0 Å². The van der Waals surface area contributed by atoms with Gasteiger partial charge in [0.1, 0.15) is 10.6 Å².